The summed E-state index contributed by atoms with van der Waals surface area (Å²) in [5.41, 5.74) is 1.52. The molecule has 0 aromatic heterocycles. The Kier molecular flexibility index (Phi) is 5.06. The van der Waals surface area contributed by atoms with Crippen molar-refractivity contribution in [2.75, 3.05) is 0 Å². The molecule has 0 aromatic carbocycles. The predicted octanol–water partition coefficient (Wildman–Crippen LogP) is 2.14. The highest BCUT2D eigenvalue weighted by molar-refractivity contribution is 5.90. The summed E-state index contributed by atoms with van der Waals surface area (Å²) in [5.74, 6) is -0.563. The van der Waals surface area contributed by atoms with Gasteiger partial charge in [-0.1, -0.05) is 19.6 Å². The number of fused-ring (bicyclic) bond motifs is 1. The molecule has 5 heteroatoms. The summed E-state index contributed by atoms with van der Waals surface area (Å²) in [4.78, 5) is 23.0. The van der Waals surface area contributed by atoms with Crippen LogP contribution in [-0.2, 0) is 19.1 Å². The van der Waals surface area contributed by atoms with Crippen molar-refractivity contribution in [2.24, 2.45) is 11.8 Å². The van der Waals surface area contributed by atoms with Crippen LogP contribution in [0.3, 0.4) is 0 Å². The van der Waals surface area contributed by atoms with E-state index in [9.17, 15) is 14.7 Å². The lowest BCUT2D eigenvalue weighted by atomic mass is 9.88. The first-order valence-corrected chi connectivity index (χ1v) is 7.74. The largest absolute Gasteiger partial charge is 0.458 e. The number of hydrogen-bond donors (Lipinski definition) is 1. The van der Waals surface area contributed by atoms with E-state index in [0.717, 1.165) is 5.57 Å². The minimum absolute atomic E-state index is 0.00280. The highest BCUT2D eigenvalue weighted by atomic mass is 16.6. The maximum absolute atomic E-state index is 11.6. The second-order valence-corrected chi connectivity index (χ2v) is 6.33. The molecule has 122 valence electrons. The van der Waals surface area contributed by atoms with Gasteiger partial charge in [-0.25, -0.2) is 4.79 Å². The highest BCUT2D eigenvalue weighted by Crippen LogP contribution is 2.39. The van der Waals surface area contributed by atoms with Crippen molar-refractivity contribution in [3.63, 3.8) is 0 Å². The van der Waals surface area contributed by atoms with Gasteiger partial charge in [-0.15, -0.1) is 0 Å². The van der Waals surface area contributed by atoms with E-state index in [1.54, 1.807) is 6.92 Å². The number of aliphatic hydroxyl groups excluding tert-OH is 1. The number of hydrogen-bond acceptors (Lipinski definition) is 5. The number of carbonyl (C=O) groups excluding carboxylic acids is 2. The van der Waals surface area contributed by atoms with Crippen molar-refractivity contribution in [3.05, 3.63) is 23.8 Å². The number of ether oxygens (including phenoxy) is 2. The Morgan fingerprint density at radius 2 is 2.27 bits per heavy atom. The summed E-state index contributed by atoms with van der Waals surface area (Å²) < 4.78 is 10.8. The van der Waals surface area contributed by atoms with Crippen LogP contribution in [0.2, 0.25) is 0 Å². The molecule has 0 bridgehead atoms. The van der Waals surface area contributed by atoms with E-state index in [0.29, 0.717) is 24.8 Å². The lowest BCUT2D eigenvalue weighted by Crippen LogP contribution is -2.27. The quantitative estimate of drug-likeness (QED) is 0.489. The molecule has 0 spiro atoms. The molecule has 2 rings (SSSR count). The second kappa shape index (κ2) is 6.65. The molecule has 22 heavy (non-hydrogen) atoms. The van der Waals surface area contributed by atoms with Gasteiger partial charge in [0.2, 0.25) is 0 Å². The third-order valence-electron chi connectivity index (χ3n) is 4.41. The van der Waals surface area contributed by atoms with Crippen LogP contribution in [-0.4, -0.2) is 35.4 Å². The molecule has 0 saturated carbocycles. The first kappa shape index (κ1) is 16.7. The van der Waals surface area contributed by atoms with E-state index >= 15 is 0 Å². The van der Waals surface area contributed by atoms with Crippen LogP contribution in [0.4, 0.5) is 0 Å². The molecule has 1 heterocycles. The summed E-state index contributed by atoms with van der Waals surface area (Å²) in [7, 11) is 0. The zero-order valence-corrected chi connectivity index (χ0v) is 13.4. The Morgan fingerprint density at radius 1 is 1.59 bits per heavy atom. The summed E-state index contributed by atoms with van der Waals surface area (Å²) in [6, 6.07) is 0. The van der Waals surface area contributed by atoms with Gasteiger partial charge in [0, 0.05) is 24.8 Å². The van der Waals surface area contributed by atoms with Gasteiger partial charge < -0.3 is 14.6 Å². The second-order valence-electron chi connectivity index (χ2n) is 6.33. The number of rotatable bonds is 4. The van der Waals surface area contributed by atoms with Gasteiger partial charge in [-0.3, -0.25) is 4.79 Å². The van der Waals surface area contributed by atoms with Gasteiger partial charge in [0.05, 0.1) is 6.10 Å². The number of carbonyl (C=O) groups is 2. The van der Waals surface area contributed by atoms with Crippen molar-refractivity contribution >= 4 is 11.9 Å². The molecular weight excluding hydrogens is 284 g/mol. The van der Waals surface area contributed by atoms with Crippen molar-refractivity contribution in [1.82, 2.24) is 0 Å². The van der Waals surface area contributed by atoms with Crippen LogP contribution in [0, 0.1) is 11.8 Å². The average molecular weight is 308 g/mol. The molecule has 2 aliphatic rings. The topological polar surface area (TPSA) is 72.8 Å². The smallest absolute Gasteiger partial charge is 0.334 e. The van der Waals surface area contributed by atoms with E-state index in [1.807, 2.05) is 13.0 Å². The minimum Gasteiger partial charge on any atom is -0.458 e. The van der Waals surface area contributed by atoms with E-state index in [2.05, 4.69) is 6.58 Å². The lowest BCUT2D eigenvalue weighted by Gasteiger charge is -2.26. The average Bonchev–Trinajstić information content (AvgIpc) is 2.56. The van der Waals surface area contributed by atoms with Gasteiger partial charge in [-0.2, -0.15) is 0 Å². The number of allylic oxidation sites excluding steroid dienone is 1. The van der Waals surface area contributed by atoms with Gasteiger partial charge in [0.15, 0.2) is 0 Å². The van der Waals surface area contributed by atoms with Gasteiger partial charge >= 0.3 is 11.9 Å². The molecule has 1 N–H and O–H groups in total. The first-order chi connectivity index (χ1) is 10.3. The van der Waals surface area contributed by atoms with Crippen molar-refractivity contribution in [1.29, 1.82) is 0 Å². The van der Waals surface area contributed by atoms with E-state index in [-0.39, 0.29) is 29.9 Å². The maximum atomic E-state index is 11.6. The highest BCUT2D eigenvalue weighted by Gasteiger charge is 2.41. The zero-order chi connectivity index (χ0) is 16.4. The summed E-state index contributed by atoms with van der Waals surface area (Å²) >= 11 is 0. The predicted molar refractivity (Wildman–Crippen MR) is 80.8 cm³/mol. The third-order valence-corrected chi connectivity index (χ3v) is 4.41. The monoisotopic (exact) mass is 308 g/mol. The Morgan fingerprint density at radius 3 is 2.86 bits per heavy atom. The molecule has 1 fully saturated rings. The zero-order valence-electron chi connectivity index (χ0n) is 13.4. The molecule has 1 saturated heterocycles. The minimum atomic E-state index is -0.562. The van der Waals surface area contributed by atoms with Crippen LogP contribution in [0.15, 0.2) is 23.8 Å². The van der Waals surface area contributed by atoms with E-state index in [1.165, 1.54) is 6.92 Å². The fourth-order valence-electron chi connectivity index (χ4n) is 3.34. The number of aliphatic hydroxyl groups is 1. The lowest BCUT2D eigenvalue weighted by molar-refractivity contribution is -0.145. The standard InChI is InChI=1S/C17H24O5/c1-9-7-15-14(11(3)17(20)22-15)6-5-13(9)16(8-10(2)18)21-12(4)19/h5,9-10,14-16,18H,3,6-8H2,1-2,4H3/t9-,10-,14+,15-,16+/m0/s1. The van der Waals surface area contributed by atoms with Gasteiger partial charge in [-0.05, 0) is 31.3 Å². The molecule has 0 unspecified atom stereocenters. The van der Waals surface area contributed by atoms with Crippen LogP contribution in [0.5, 0.6) is 0 Å². The Hall–Kier alpha value is -1.62. The normalized spacial score (nSPS) is 30.7. The Balaban J connectivity index is 2.21. The van der Waals surface area contributed by atoms with Crippen LogP contribution in [0.25, 0.3) is 0 Å². The summed E-state index contributed by atoms with van der Waals surface area (Å²) in [6.45, 7) is 8.90. The van der Waals surface area contributed by atoms with Gasteiger partial charge in [0.1, 0.15) is 12.2 Å². The van der Waals surface area contributed by atoms with Crippen molar-refractivity contribution in [2.45, 2.75) is 58.3 Å². The Bertz CT molecular complexity index is 505. The van der Waals surface area contributed by atoms with Gasteiger partial charge in [0.25, 0.3) is 0 Å². The molecule has 5 atom stereocenters. The summed E-state index contributed by atoms with van der Waals surface area (Å²) in [5, 5.41) is 9.66. The van der Waals surface area contributed by atoms with Crippen LogP contribution in [0.1, 0.15) is 40.0 Å². The molecule has 1 aliphatic carbocycles. The molecule has 1 aliphatic heterocycles. The first-order valence-electron chi connectivity index (χ1n) is 7.74. The van der Waals surface area contributed by atoms with Crippen LogP contribution >= 0.6 is 0 Å². The Labute approximate surface area is 131 Å². The molecule has 0 aromatic rings. The number of esters is 2. The van der Waals surface area contributed by atoms with Crippen molar-refractivity contribution < 1.29 is 24.2 Å². The van der Waals surface area contributed by atoms with Crippen LogP contribution < -0.4 is 0 Å². The van der Waals surface area contributed by atoms with Crippen molar-refractivity contribution in [3.8, 4) is 0 Å². The van der Waals surface area contributed by atoms with E-state index in [4.69, 9.17) is 9.47 Å². The molecule has 5 nitrogen and oxygen atoms in total. The fourth-order valence-corrected chi connectivity index (χ4v) is 3.34. The molecule has 0 amide bonds. The SMILES string of the molecule is C=C1C(=O)O[C@H]2C[C@H](C)C([C@@H](C[C@H](C)O)OC(C)=O)=CC[C@H]12. The molecular formula is C17H24O5. The van der Waals surface area contributed by atoms with E-state index < -0.39 is 12.2 Å². The third kappa shape index (κ3) is 3.58. The summed E-state index contributed by atoms with van der Waals surface area (Å²) in [6.07, 6.45) is 2.56. The maximum Gasteiger partial charge on any atom is 0.334 e. The molecule has 0 radical (unpaired) electrons. The fraction of sp³-hybridized carbons (Fsp3) is 0.647.